The van der Waals surface area contributed by atoms with E-state index in [2.05, 4.69) is 45.6 Å². The molecule has 2 heterocycles. The van der Waals surface area contributed by atoms with Crippen molar-refractivity contribution in [2.75, 3.05) is 26.2 Å². The summed E-state index contributed by atoms with van der Waals surface area (Å²) in [5.41, 5.74) is 2.43. The number of hydrogen-bond acceptors (Lipinski definition) is 2. The molecule has 0 aromatic heterocycles. The van der Waals surface area contributed by atoms with E-state index in [4.69, 9.17) is 0 Å². The van der Waals surface area contributed by atoms with Gasteiger partial charge in [0.1, 0.15) is 0 Å². The first kappa shape index (κ1) is 13.9. The quantitative estimate of drug-likeness (QED) is 0.889. The van der Waals surface area contributed by atoms with Crippen molar-refractivity contribution in [1.29, 1.82) is 0 Å². The highest BCUT2D eigenvalue weighted by Crippen LogP contribution is 2.27. The van der Waals surface area contributed by atoms with Crippen LogP contribution in [0.3, 0.4) is 0 Å². The first-order chi connectivity index (χ1) is 9.63. The average Bonchev–Trinajstić information content (AvgIpc) is 3.04. The van der Waals surface area contributed by atoms with Crippen LogP contribution in [0.25, 0.3) is 0 Å². The van der Waals surface area contributed by atoms with Gasteiger partial charge in [-0.3, -0.25) is 0 Å². The number of carbonyl (C=O) groups is 1. The summed E-state index contributed by atoms with van der Waals surface area (Å²) >= 11 is 3.51. The van der Waals surface area contributed by atoms with Gasteiger partial charge < -0.3 is 15.5 Å². The summed E-state index contributed by atoms with van der Waals surface area (Å²) in [6.07, 6.45) is 1.17. The van der Waals surface area contributed by atoms with Gasteiger partial charge in [0.2, 0.25) is 0 Å². The Balaban J connectivity index is 1.70. The smallest absolute Gasteiger partial charge is 0.318 e. The van der Waals surface area contributed by atoms with E-state index in [-0.39, 0.29) is 12.1 Å². The minimum absolute atomic E-state index is 0.0706. The molecule has 20 heavy (non-hydrogen) atoms. The van der Waals surface area contributed by atoms with E-state index in [1.54, 1.807) is 0 Å². The number of amides is 2. The number of urea groups is 1. The van der Waals surface area contributed by atoms with Crippen LogP contribution < -0.4 is 10.6 Å². The van der Waals surface area contributed by atoms with Crippen molar-refractivity contribution in [2.45, 2.75) is 19.4 Å². The summed E-state index contributed by atoms with van der Waals surface area (Å²) < 4.78 is 1.06. The fourth-order valence-electron chi connectivity index (χ4n) is 3.09. The van der Waals surface area contributed by atoms with Gasteiger partial charge in [-0.2, -0.15) is 0 Å². The largest absolute Gasteiger partial charge is 0.329 e. The zero-order valence-corrected chi connectivity index (χ0v) is 13.2. The molecule has 2 N–H and O–H groups in total. The molecule has 0 aliphatic carbocycles. The van der Waals surface area contributed by atoms with Crippen molar-refractivity contribution in [2.24, 2.45) is 5.92 Å². The SMILES string of the molecule is Cc1ccc(Br)cc1C1CN(CC2CCNC2)C(=O)N1. The van der Waals surface area contributed by atoms with Crippen molar-refractivity contribution in [1.82, 2.24) is 15.5 Å². The molecule has 0 saturated carbocycles. The van der Waals surface area contributed by atoms with E-state index >= 15 is 0 Å². The summed E-state index contributed by atoms with van der Waals surface area (Å²) in [7, 11) is 0. The molecule has 2 aliphatic rings. The molecule has 2 saturated heterocycles. The number of nitrogens with one attached hydrogen (secondary N) is 2. The van der Waals surface area contributed by atoms with Gasteiger partial charge in [0.25, 0.3) is 0 Å². The van der Waals surface area contributed by atoms with Gasteiger partial charge in [-0.1, -0.05) is 22.0 Å². The molecular weight excluding hydrogens is 318 g/mol. The lowest BCUT2D eigenvalue weighted by Gasteiger charge is -2.19. The number of nitrogens with zero attached hydrogens (tertiary/aromatic N) is 1. The van der Waals surface area contributed by atoms with Crippen molar-refractivity contribution in [3.05, 3.63) is 33.8 Å². The predicted molar refractivity (Wildman–Crippen MR) is 82.7 cm³/mol. The Labute approximate surface area is 128 Å². The minimum atomic E-state index is 0.0706. The monoisotopic (exact) mass is 337 g/mol. The summed E-state index contributed by atoms with van der Waals surface area (Å²) in [4.78, 5) is 14.1. The Morgan fingerprint density at radius 3 is 3.05 bits per heavy atom. The van der Waals surface area contributed by atoms with Gasteiger partial charge in [-0.15, -0.1) is 0 Å². The van der Waals surface area contributed by atoms with Gasteiger partial charge in [0.05, 0.1) is 6.04 Å². The Morgan fingerprint density at radius 2 is 2.30 bits per heavy atom. The Kier molecular flexibility index (Phi) is 3.98. The molecule has 1 aromatic carbocycles. The van der Waals surface area contributed by atoms with Gasteiger partial charge in [-0.25, -0.2) is 4.79 Å². The summed E-state index contributed by atoms with van der Waals surface area (Å²) in [6.45, 7) is 5.84. The molecule has 5 heteroatoms. The van der Waals surface area contributed by atoms with E-state index < -0.39 is 0 Å². The molecular formula is C15H20BrN3O. The normalized spacial score (nSPS) is 26.1. The van der Waals surface area contributed by atoms with E-state index in [0.29, 0.717) is 5.92 Å². The van der Waals surface area contributed by atoms with Gasteiger partial charge >= 0.3 is 6.03 Å². The maximum atomic E-state index is 12.1. The highest BCUT2D eigenvalue weighted by molar-refractivity contribution is 9.10. The van der Waals surface area contributed by atoms with Gasteiger partial charge in [0, 0.05) is 17.6 Å². The van der Waals surface area contributed by atoms with Crippen LogP contribution in [-0.2, 0) is 0 Å². The summed E-state index contributed by atoms with van der Waals surface area (Å²) in [5, 5.41) is 6.46. The van der Waals surface area contributed by atoms with E-state index in [9.17, 15) is 4.79 Å². The van der Waals surface area contributed by atoms with Crippen LogP contribution in [0, 0.1) is 12.8 Å². The van der Waals surface area contributed by atoms with Crippen LogP contribution >= 0.6 is 15.9 Å². The standard InChI is InChI=1S/C15H20BrN3O/c1-10-2-3-12(16)6-13(10)14-9-19(15(20)18-14)8-11-4-5-17-7-11/h2-3,6,11,14,17H,4-5,7-9H2,1H3,(H,18,20). The predicted octanol–water partition coefficient (Wildman–Crippen LogP) is 2.43. The number of rotatable bonds is 3. The Morgan fingerprint density at radius 1 is 1.45 bits per heavy atom. The van der Waals surface area contributed by atoms with Crippen molar-refractivity contribution < 1.29 is 4.79 Å². The fourth-order valence-corrected chi connectivity index (χ4v) is 3.47. The number of aryl methyl sites for hydroxylation is 1. The number of halogens is 1. The van der Waals surface area contributed by atoms with Gasteiger partial charge in [0.15, 0.2) is 0 Å². The lowest BCUT2D eigenvalue weighted by molar-refractivity contribution is 0.210. The van der Waals surface area contributed by atoms with Crippen molar-refractivity contribution in [3.8, 4) is 0 Å². The molecule has 4 nitrogen and oxygen atoms in total. The van der Waals surface area contributed by atoms with E-state index in [1.807, 2.05) is 11.0 Å². The second-order valence-corrected chi connectivity index (χ2v) is 6.68. The molecule has 3 rings (SSSR count). The maximum Gasteiger partial charge on any atom is 0.318 e. The highest BCUT2D eigenvalue weighted by atomic mass is 79.9. The zero-order valence-electron chi connectivity index (χ0n) is 11.7. The molecule has 2 atom stereocenters. The summed E-state index contributed by atoms with van der Waals surface area (Å²) in [5.74, 6) is 0.600. The molecule has 2 aliphatic heterocycles. The van der Waals surface area contributed by atoms with E-state index in [0.717, 1.165) is 30.7 Å². The van der Waals surface area contributed by atoms with Crippen LogP contribution in [0.4, 0.5) is 4.79 Å². The molecule has 2 unspecified atom stereocenters. The number of benzene rings is 1. The topological polar surface area (TPSA) is 44.4 Å². The summed E-state index contributed by atoms with van der Waals surface area (Å²) in [6, 6.07) is 6.42. The minimum Gasteiger partial charge on any atom is -0.329 e. The molecule has 0 bridgehead atoms. The molecule has 2 amide bonds. The number of hydrogen-bond donors (Lipinski definition) is 2. The zero-order chi connectivity index (χ0) is 14.1. The average molecular weight is 338 g/mol. The lowest BCUT2D eigenvalue weighted by atomic mass is 10.0. The fraction of sp³-hybridized carbons (Fsp3) is 0.533. The molecule has 1 aromatic rings. The molecule has 0 spiro atoms. The maximum absolute atomic E-state index is 12.1. The third-order valence-electron chi connectivity index (χ3n) is 4.25. The molecule has 108 valence electrons. The van der Waals surface area contributed by atoms with Crippen LogP contribution in [0.1, 0.15) is 23.6 Å². The first-order valence-corrected chi connectivity index (χ1v) is 7.95. The molecule has 0 radical (unpaired) electrons. The Bertz CT molecular complexity index is 514. The van der Waals surface area contributed by atoms with Crippen LogP contribution in [0.2, 0.25) is 0 Å². The van der Waals surface area contributed by atoms with E-state index in [1.165, 1.54) is 17.5 Å². The van der Waals surface area contributed by atoms with Gasteiger partial charge in [-0.05, 0) is 55.6 Å². The van der Waals surface area contributed by atoms with Crippen LogP contribution in [0.15, 0.2) is 22.7 Å². The van der Waals surface area contributed by atoms with Crippen LogP contribution in [0.5, 0.6) is 0 Å². The second kappa shape index (κ2) is 5.74. The number of carbonyl (C=O) groups excluding carboxylic acids is 1. The second-order valence-electron chi connectivity index (χ2n) is 5.77. The highest BCUT2D eigenvalue weighted by Gasteiger charge is 2.32. The Hall–Kier alpha value is -1.07. The molecule has 2 fully saturated rings. The first-order valence-electron chi connectivity index (χ1n) is 7.15. The van der Waals surface area contributed by atoms with Crippen LogP contribution in [-0.4, -0.2) is 37.1 Å². The third-order valence-corrected chi connectivity index (χ3v) is 4.74. The lowest BCUT2D eigenvalue weighted by Crippen LogP contribution is -2.33. The van der Waals surface area contributed by atoms with Crippen molar-refractivity contribution in [3.63, 3.8) is 0 Å². The van der Waals surface area contributed by atoms with Crippen molar-refractivity contribution >= 4 is 22.0 Å². The third kappa shape index (κ3) is 2.83.